The molecule has 0 saturated heterocycles. The van der Waals surface area contributed by atoms with E-state index in [0.717, 1.165) is 22.5 Å². The summed E-state index contributed by atoms with van der Waals surface area (Å²) >= 11 is 1.14. The van der Waals surface area contributed by atoms with Gasteiger partial charge in [-0.3, -0.25) is 9.36 Å². The van der Waals surface area contributed by atoms with Gasteiger partial charge in [-0.1, -0.05) is 59.9 Å². The van der Waals surface area contributed by atoms with Gasteiger partial charge in [0.2, 0.25) is 0 Å². The Morgan fingerprint density at radius 1 is 1.07 bits per heavy atom. The van der Waals surface area contributed by atoms with Crippen LogP contribution in [0.5, 0.6) is 0 Å². The van der Waals surface area contributed by atoms with Crippen LogP contribution in [0.1, 0.15) is 45.8 Å². The van der Waals surface area contributed by atoms with E-state index in [4.69, 9.17) is 14.1 Å². The van der Waals surface area contributed by atoms with E-state index in [1.807, 2.05) is 30.3 Å². The van der Waals surface area contributed by atoms with E-state index in [1.165, 1.54) is 22.8 Å². The summed E-state index contributed by atoms with van der Waals surface area (Å²) in [5.41, 5.74) is 2.94. The van der Waals surface area contributed by atoms with Gasteiger partial charge in [0.1, 0.15) is 17.3 Å². The van der Waals surface area contributed by atoms with E-state index in [0.29, 0.717) is 37.7 Å². The van der Waals surface area contributed by atoms with Crippen LogP contribution in [-0.2, 0) is 9.53 Å². The highest BCUT2D eigenvalue weighted by Gasteiger charge is 2.35. The zero-order valence-electron chi connectivity index (χ0n) is 23.6. The second kappa shape index (κ2) is 11.7. The number of thiazole rings is 1. The van der Waals surface area contributed by atoms with E-state index < -0.39 is 29.4 Å². The maximum absolute atomic E-state index is 14.0. The van der Waals surface area contributed by atoms with Crippen molar-refractivity contribution in [3.8, 4) is 11.3 Å². The number of carboxylic acid groups (broad SMARTS) is 1. The number of benzene rings is 3. The Labute approximate surface area is 254 Å². The Bertz CT molecular complexity index is 2120. The number of aromatic carboxylic acids is 1. The normalized spacial score (nSPS) is 14.7. The molecule has 1 N–H and O–H groups in total. The molecular formula is C34H25FN2O6S. The van der Waals surface area contributed by atoms with Gasteiger partial charge in [-0.2, -0.15) is 0 Å². The third-order valence-corrected chi connectivity index (χ3v) is 8.18. The van der Waals surface area contributed by atoms with E-state index in [1.54, 1.807) is 56.3 Å². The molecule has 1 atom stereocenters. The fraction of sp³-hybridized carbons (Fsp3) is 0.118. The van der Waals surface area contributed by atoms with Crippen LogP contribution in [0.4, 0.5) is 4.39 Å². The maximum Gasteiger partial charge on any atom is 0.338 e. The molecule has 1 aliphatic heterocycles. The lowest BCUT2D eigenvalue weighted by Crippen LogP contribution is -2.40. The number of hydrogen-bond acceptors (Lipinski definition) is 7. The average Bonchev–Trinajstić information content (AvgIpc) is 3.61. The molecule has 8 nitrogen and oxygen atoms in total. The van der Waals surface area contributed by atoms with Crippen molar-refractivity contribution < 1.29 is 28.2 Å². The smallest absolute Gasteiger partial charge is 0.338 e. The number of nitrogens with zero attached hydrogens (tertiary/aromatic N) is 2. The van der Waals surface area contributed by atoms with Crippen molar-refractivity contribution in [2.45, 2.75) is 19.9 Å². The topological polar surface area (TPSA) is 111 Å². The van der Waals surface area contributed by atoms with E-state index in [2.05, 4.69) is 0 Å². The number of ether oxygens (including phenoxy) is 1. The van der Waals surface area contributed by atoms with Gasteiger partial charge in [-0.25, -0.2) is 19.0 Å². The van der Waals surface area contributed by atoms with E-state index in [-0.39, 0.29) is 17.7 Å². The number of esters is 1. The Hall–Kier alpha value is -5.35. The molecule has 0 saturated carbocycles. The molecule has 0 radical (unpaired) electrons. The van der Waals surface area contributed by atoms with E-state index >= 15 is 0 Å². The number of carboxylic acids is 1. The number of carbonyl (C=O) groups excluding carboxylic acids is 1. The minimum Gasteiger partial charge on any atom is -0.478 e. The molecule has 6 rings (SSSR count). The Kier molecular flexibility index (Phi) is 7.67. The van der Waals surface area contributed by atoms with Crippen LogP contribution in [0.25, 0.3) is 23.1 Å². The molecule has 0 fully saturated rings. The fourth-order valence-electron chi connectivity index (χ4n) is 5.18. The monoisotopic (exact) mass is 608 g/mol. The number of rotatable bonds is 7. The number of aromatic nitrogens is 1. The summed E-state index contributed by atoms with van der Waals surface area (Å²) in [7, 11) is 0. The van der Waals surface area contributed by atoms with Gasteiger partial charge in [0.25, 0.3) is 5.56 Å². The minimum absolute atomic E-state index is 0.115. The first-order chi connectivity index (χ1) is 21.2. The van der Waals surface area contributed by atoms with Gasteiger partial charge in [0.15, 0.2) is 4.80 Å². The van der Waals surface area contributed by atoms with Gasteiger partial charge < -0.3 is 14.3 Å². The number of aryl methyl sites for hydroxylation is 1. The molecular weight excluding hydrogens is 583 g/mol. The summed E-state index contributed by atoms with van der Waals surface area (Å²) < 4.78 is 27.2. The van der Waals surface area contributed by atoms with Gasteiger partial charge in [-0.15, -0.1) is 0 Å². The lowest BCUT2D eigenvalue weighted by molar-refractivity contribution is -0.138. The van der Waals surface area contributed by atoms with Crippen molar-refractivity contribution in [2.75, 3.05) is 6.61 Å². The summed E-state index contributed by atoms with van der Waals surface area (Å²) in [5.74, 6) is -1.18. The standard InChI is InChI=1S/C34H25FN2O6S/c1-3-42-33(41)28-29(20-7-5-4-6-8-20)36-34-37(30(28)21-9-12-23(35)13-10-21)31(38)27(44-34)18-24-14-16-26(43-24)25-15-11-22(32(39)40)17-19(25)2/h4-18,30H,3H2,1-2H3,(H,39,40)/b27-18-/t30-/m0/s1. The molecule has 0 aliphatic carbocycles. The number of carbonyl (C=O) groups is 2. The average molecular weight is 609 g/mol. The summed E-state index contributed by atoms with van der Waals surface area (Å²) in [4.78, 5) is 44.0. The van der Waals surface area contributed by atoms with Crippen LogP contribution in [-0.4, -0.2) is 28.2 Å². The van der Waals surface area contributed by atoms with Gasteiger partial charge in [-0.05, 0) is 61.4 Å². The SMILES string of the molecule is CCOC(=O)C1=C(c2ccccc2)N=c2s/c(=C\c3ccc(-c4ccc(C(=O)O)cc4C)o3)c(=O)n2[C@H]1c1ccc(F)cc1. The lowest BCUT2D eigenvalue weighted by atomic mass is 9.93. The van der Waals surface area contributed by atoms with Crippen LogP contribution in [0, 0.1) is 12.7 Å². The Morgan fingerprint density at radius 2 is 1.82 bits per heavy atom. The number of fused-ring (bicyclic) bond motifs is 1. The molecule has 5 aromatic rings. The highest BCUT2D eigenvalue weighted by atomic mass is 32.1. The fourth-order valence-corrected chi connectivity index (χ4v) is 6.16. The molecule has 44 heavy (non-hydrogen) atoms. The van der Waals surface area contributed by atoms with Crippen molar-refractivity contribution in [3.05, 3.63) is 144 Å². The molecule has 0 bridgehead atoms. The van der Waals surface area contributed by atoms with Crippen molar-refractivity contribution in [1.29, 1.82) is 0 Å². The predicted octanol–water partition coefficient (Wildman–Crippen LogP) is 5.34. The van der Waals surface area contributed by atoms with Crippen LogP contribution in [0.2, 0.25) is 0 Å². The summed E-state index contributed by atoms with van der Waals surface area (Å²) in [6.45, 7) is 3.61. The summed E-state index contributed by atoms with van der Waals surface area (Å²) in [6, 6.07) is 22.1. The van der Waals surface area contributed by atoms with Crippen LogP contribution < -0.4 is 14.9 Å². The first-order valence-electron chi connectivity index (χ1n) is 13.7. The zero-order valence-corrected chi connectivity index (χ0v) is 24.4. The number of furan rings is 1. The minimum atomic E-state index is -1.02. The third kappa shape index (κ3) is 5.31. The molecule has 1 aliphatic rings. The van der Waals surface area contributed by atoms with Crippen molar-refractivity contribution >= 4 is 35.0 Å². The summed E-state index contributed by atoms with van der Waals surface area (Å²) in [5, 5.41) is 9.28. The number of hydrogen-bond donors (Lipinski definition) is 1. The van der Waals surface area contributed by atoms with Crippen molar-refractivity contribution in [2.24, 2.45) is 4.99 Å². The Morgan fingerprint density at radius 3 is 2.50 bits per heavy atom. The predicted molar refractivity (Wildman–Crippen MR) is 163 cm³/mol. The first kappa shape index (κ1) is 28.8. The first-order valence-corrected chi connectivity index (χ1v) is 14.5. The number of halogens is 1. The highest BCUT2D eigenvalue weighted by molar-refractivity contribution is 7.07. The molecule has 3 heterocycles. The quantitative estimate of drug-likeness (QED) is 0.250. The van der Waals surface area contributed by atoms with Gasteiger partial charge in [0, 0.05) is 17.2 Å². The van der Waals surface area contributed by atoms with Gasteiger partial charge in [0.05, 0.1) is 34.0 Å². The molecule has 0 unspecified atom stereocenters. The van der Waals surface area contributed by atoms with Crippen LogP contribution in [0.15, 0.2) is 105 Å². The zero-order chi connectivity index (χ0) is 31.0. The van der Waals surface area contributed by atoms with Crippen LogP contribution in [0.3, 0.4) is 0 Å². The van der Waals surface area contributed by atoms with Gasteiger partial charge >= 0.3 is 11.9 Å². The molecule has 2 aromatic heterocycles. The van der Waals surface area contributed by atoms with Crippen molar-refractivity contribution in [1.82, 2.24) is 4.57 Å². The molecule has 10 heteroatoms. The second-order valence-electron chi connectivity index (χ2n) is 10.0. The third-order valence-electron chi connectivity index (χ3n) is 7.20. The van der Waals surface area contributed by atoms with Crippen LogP contribution >= 0.6 is 11.3 Å². The van der Waals surface area contributed by atoms with Crippen molar-refractivity contribution in [3.63, 3.8) is 0 Å². The largest absolute Gasteiger partial charge is 0.478 e. The lowest BCUT2D eigenvalue weighted by Gasteiger charge is -2.25. The second-order valence-corrected chi connectivity index (χ2v) is 11.0. The molecule has 3 aromatic carbocycles. The summed E-state index contributed by atoms with van der Waals surface area (Å²) in [6.07, 6.45) is 1.60. The molecule has 220 valence electrons. The van der Waals surface area contributed by atoms with E-state index in [9.17, 15) is 23.9 Å². The molecule has 0 spiro atoms. The Balaban J connectivity index is 1.52. The highest BCUT2D eigenvalue weighted by Crippen LogP contribution is 2.35. The maximum atomic E-state index is 14.0. The molecule has 0 amide bonds.